The summed E-state index contributed by atoms with van der Waals surface area (Å²) in [6, 6.07) is 6.01. The first-order valence-corrected chi connectivity index (χ1v) is 7.90. The molecule has 2 aromatic rings. The van der Waals surface area contributed by atoms with E-state index in [1.54, 1.807) is 6.07 Å². The number of nitrogens with zero attached hydrogens (tertiary/aromatic N) is 2. The molecule has 0 fully saturated rings. The number of nitrogen functional groups attached to an aromatic ring is 1. The van der Waals surface area contributed by atoms with E-state index >= 15 is 0 Å². The van der Waals surface area contributed by atoms with Gasteiger partial charge in [0.05, 0.1) is 12.1 Å². The van der Waals surface area contributed by atoms with Crippen molar-refractivity contribution in [1.82, 2.24) is 9.97 Å². The Kier molecular flexibility index (Phi) is 5.50. The minimum atomic E-state index is -4.47. The highest BCUT2D eigenvalue weighted by atomic mass is 32.2. The first kappa shape index (κ1) is 17.9. The molecule has 6 nitrogen and oxygen atoms in total. The lowest BCUT2D eigenvalue weighted by molar-refractivity contribution is -0.137. The Morgan fingerprint density at radius 3 is 2.71 bits per heavy atom. The Balaban J connectivity index is 1.98. The fraction of sp³-hybridized carbons (Fsp3) is 0.214. The van der Waals surface area contributed by atoms with Gasteiger partial charge in [-0.1, -0.05) is 6.07 Å². The van der Waals surface area contributed by atoms with Gasteiger partial charge in [-0.3, -0.25) is 4.79 Å². The number of aromatic nitrogens is 2. The quantitative estimate of drug-likeness (QED) is 0.563. The van der Waals surface area contributed by atoms with Crippen LogP contribution in [0.2, 0.25) is 0 Å². The lowest BCUT2D eigenvalue weighted by Crippen LogP contribution is -2.22. The molecule has 0 spiro atoms. The van der Waals surface area contributed by atoms with E-state index in [1.807, 2.05) is 6.26 Å². The van der Waals surface area contributed by atoms with Crippen LogP contribution in [0, 0.1) is 0 Å². The van der Waals surface area contributed by atoms with Gasteiger partial charge in [0.2, 0.25) is 11.9 Å². The van der Waals surface area contributed by atoms with E-state index in [0.717, 1.165) is 12.1 Å². The summed E-state index contributed by atoms with van der Waals surface area (Å²) >= 11 is 1.36. The van der Waals surface area contributed by atoms with Crippen molar-refractivity contribution in [2.24, 2.45) is 0 Å². The molecule has 2 rings (SSSR count). The topological polar surface area (TPSA) is 92.9 Å². The van der Waals surface area contributed by atoms with Crippen molar-refractivity contribution in [1.29, 1.82) is 0 Å². The third-order valence-corrected chi connectivity index (χ3v) is 3.46. The molecule has 10 heteroatoms. The Labute approximate surface area is 140 Å². The lowest BCUT2D eigenvalue weighted by atomic mass is 10.2. The highest BCUT2D eigenvalue weighted by Gasteiger charge is 2.30. The van der Waals surface area contributed by atoms with E-state index in [9.17, 15) is 18.0 Å². The summed E-state index contributed by atoms with van der Waals surface area (Å²) in [4.78, 5) is 19.7. The lowest BCUT2D eigenvalue weighted by Gasteiger charge is -2.11. The molecule has 0 radical (unpaired) electrons. The summed E-state index contributed by atoms with van der Waals surface area (Å²) in [7, 11) is 0. The molecule has 0 saturated carbocycles. The number of amides is 1. The number of carbonyl (C=O) groups excluding carboxylic acids is 1. The summed E-state index contributed by atoms with van der Waals surface area (Å²) in [5.41, 5.74) is 4.77. The van der Waals surface area contributed by atoms with E-state index in [0.29, 0.717) is 10.8 Å². The second-order valence-corrected chi connectivity index (χ2v) is 5.46. The maximum atomic E-state index is 12.6. The number of benzene rings is 1. The normalized spacial score (nSPS) is 11.2. The van der Waals surface area contributed by atoms with Crippen molar-refractivity contribution < 1.29 is 18.0 Å². The standard InChI is InChI=1S/C14H14F3N5OS/c1-24-12-6-10(21-13(18)22-12)19-7-11(23)20-9-4-2-3-8(5-9)14(15,16)17/h2-6H,7H2,1H3,(H,20,23)(H3,18,19,21,22). The summed E-state index contributed by atoms with van der Waals surface area (Å²) in [6.07, 6.45) is -2.66. The Hall–Kier alpha value is -2.49. The molecule has 0 unspecified atom stereocenters. The average molecular weight is 357 g/mol. The smallest absolute Gasteiger partial charge is 0.368 e. The van der Waals surface area contributed by atoms with E-state index in [4.69, 9.17) is 5.73 Å². The van der Waals surface area contributed by atoms with E-state index in [1.165, 1.54) is 23.9 Å². The number of hydrogen-bond donors (Lipinski definition) is 3. The number of anilines is 3. The van der Waals surface area contributed by atoms with Crippen LogP contribution >= 0.6 is 11.8 Å². The molecule has 1 heterocycles. The van der Waals surface area contributed by atoms with Crippen LogP contribution in [-0.4, -0.2) is 28.7 Å². The van der Waals surface area contributed by atoms with Crippen LogP contribution in [0.1, 0.15) is 5.56 Å². The molecule has 4 N–H and O–H groups in total. The molecule has 0 aliphatic carbocycles. The second-order valence-electron chi connectivity index (χ2n) is 4.63. The molecular weight excluding hydrogens is 343 g/mol. The predicted octanol–water partition coefficient (Wildman–Crippen LogP) is 2.85. The van der Waals surface area contributed by atoms with Crippen LogP contribution in [-0.2, 0) is 11.0 Å². The Bertz CT molecular complexity index is 739. The molecule has 1 aromatic carbocycles. The third-order valence-electron chi connectivity index (χ3n) is 2.83. The van der Waals surface area contributed by atoms with Crippen LogP contribution in [0.5, 0.6) is 0 Å². The summed E-state index contributed by atoms with van der Waals surface area (Å²) in [5, 5.41) is 5.76. The third kappa shape index (κ3) is 5.01. The SMILES string of the molecule is CSc1cc(NCC(=O)Nc2cccc(C(F)(F)F)c2)nc(N)n1. The largest absolute Gasteiger partial charge is 0.416 e. The molecule has 128 valence electrons. The maximum Gasteiger partial charge on any atom is 0.416 e. The monoisotopic (exact) mass is 357 g/mol. The molecule has 1 amide bonds. The molecule has 0 bridgehead atoms. The zero-order valence-corrected chi connectivity index (χ0v) is 13.3. The van der Waals surface area contributed by atoms with Crippen LogP contribution in [0.15, 0.2) is 35.4 Å². The average Bonchev–Trinajstić information content (AvgIpc) is 2.52. The predicted molar refractivity (Wildman–Crippen MR) is 86.8 cm³/mol. The minimum absolute atomic E-state index is 0.0580. The zero-order valence-electron chi connectivity index (χ0n) is 12.5. The molecular formula is C14H14F3N5OS. The summed E-state index contributed by atoms with van der Waals surface area (Å²) < 4.78 is 37.9. The van der Waals surface area contributed by atoms with Crippen molar-refractivity contribution in [2.45, 2.75) is 11.2 Å². The van der Waals surface area contributed by atoms with Gasteiger partial charge in [-0.25, -0.2) is 4.98 Å². The zero-order chi connectivity index (χ0) is 17.7. The second kappa shape index (κ2) is 7.39. The molecule has 0 aliphatic heterocycles. The van der Waals surface area contributed by atoms with Crippen LogP contribution < -0.4 is 16.4 Å². The van der Waals surface area contributed by atoms with Gasteiger partial charge in [0.25, 0.3) is 0 Å². The molecule has 0 aliphatic rings. The Morgan fingerprint density at radius 2 is 2.04 bits per heavy atom. The highest BCUT2D eigenvalue weighted by Crippen LogP contribution is 2.30. The summed E-state index contributed by atoms with van der Waals surface area (Å²) in [6.45, 7) is -0.180. The van der Waals surface area contributed by atoms with Crippen molar-refractivity contribution in [2.75, 3.05) is 29.2 Å². The molecule has 24 heavy (non-hydrogen) atoms. The number of nitrogens with two attached hydrogens (primary N) is 1. The summed E-state index contributed by atoms with van der Waals surface area (Å²) in [5.74, 6) is -0.106. The van der Waals surface area contributed by atoms with E-state index < -0.39 is 17.6 Å². The van der Waals surface area contributed by atoms with Crippen molar-refractivity contribution >= 4 is 35.1 Å². The molecule has 0 atom stereocenters. The van der Waals surface area contributed by atoms with Crippen molar-refractivity contribution in [3.8, 4) is 0 Å². The van der Waals surface area contributed by atoms with Gasteiger partial charge < -0.3 is 16.4 Å². The van der Waals surface area contributed by atoms with Gasteiger partial charge in [-0.05, 0) is 24.5 Å². The minimum Gasteiger partial charge on any atom is -0.368 e. The van der Waals surface area contributed by atoms with Gasteiger partial charge in [-0.15, -0.1) is 11.8 Å². The van der Waals surface area contributed by atoms with Crippen LogP contribution in [0.3, 0.4) is 0 Å². The number of rotatable bonds is 5. The maximum absolute atomic E-state index is 12.6. The number of thioether (sulfide) groups is 1. The van der Waals surface area contributed by atoms with Crippen LogP contribution in [0.25, 0.3) is 0 Å². The fourth-order valence-corrected chi connectivity index (χ4v) is 2.20. The number of carbonyl (C=O) groups is 1. The van der Waals surface area contributed by atoms with Gasteiger partial charge >= 0.3 is 6.18 Å². The first-order valence-electron chi connectivity index (χ1n) is 6.67. The molecule has 1 aromatic heterocycles. The van der Waals surface area contributed by atoms with Crippen LogP contribution in [0.4, 0.5) is 30.6 Å². The van der Waals surface area contributed by atoms with Gasteiger partial charge in [-0.2, -0.15) is 18.2 Å². The molecule has 0 saturated heterocycles. The van der Waals surface area contributed by atoms with E-state index in [2.05, 4.69) is 20.6 Å². The number of nitrogens with one attached hydrogen (secondary N) is 2. The van der Waals surface area contributed by atoms with Crippen molar-refractivity contribution in [3.05, 3.63) is 35.9 Å². The van der Waals surface area contributed by atoms with Gasteiger partial charge in [0.15, 0.2) is 0 Å². The Morgan fingerprint density at radius 1 is 1.29 bits per heavy atom. The fourth-order valence-electron chi connectivity index (χ4n) is 1.79. The van der Waals surface area contributed by atoms with Gasteiger partial charge in [0.1, 0.15) is 10.8 Å². The van der Waals surface area contributed by atoms with Crippen molar-refractivity contribution in [3.63, 3.8) is 0 Å². The first-order chi connectivity index (χ1) is 11.3. The highest BCUT2D eigenvalue weighted by molar-refractivity contribution is 7.98. The number of alkyl halides is 3. The van der Waals surface area contributed by atoms with Gasteiger partial charge in [0, 0.05) is 11.8 Å². The number of halogens is 3. The van der Waals surface area contributed by atoms with E-state index in [-0.39, 0.29) is 18.2 Å². The number of hydrogen-bond acceptors (Lipinski definition) is 6.